The highest BCUT2D eigenvalue weighted by Gasteiger charge is 2.30. The molecule has 0 aromatic rings. The Kier molecular flexibility index (Phi) is 0.891. The molecule has 0 bridgehead atoms. The lowest BCUT2D eigenvalue weighted by atomic mass is 9.98. The van der Waals surface area contributed by atoms with Crippen molar-refractivity contribution in [2.45, 2.75) is 24.8 Å². The van der Waals surface area contributed by atoms with E-state index in [1.165, 1.54) is 12.8 Å². The van der Waals surface area contributed by atoms with Crippen LogP contribution in [-0.4, -0.2) is 11.8 Å². The van der Waals surface area contributed by atoms with Crippen LogP contribution in [0.4, 0.5) is 0 Å². The lowest BCUT2D eigenvalue weighted by Gasteiger charge is -2.19. The molecule has 1 spiro atoms. The molecule has 0 radical (unpaired) electrons. The molecule has 48 valence electrons. The van der Waals surface area contributed by atoms with Crippen molar-refractivity contribution in [2.75, 3.05) is 0 Å². The van der Waals surface area contributed by atoms with E-state index in [0.29, 0.717) is 0 Å². The summed E-state index contributed by atoms with van der Waals surface area (Å²) in [6.07, 6.45) is 9.91. The predicted molar refractivity (Wildman–Crippen MR) is 37.3 cm³/mol. The lowest BCUT2D eigenvalue weighted by molar-refractivity contribution is 0.449. The minimum atomic E-state index is 0.236. The first kappa shape index (κ1) is 5.03. The highest BCUT2D eigenvalue weighted by atomic mass is 15.3. The molecule has 1 heterocycles. The molecular formula is C7H10N2. The van der Waals surface area contributed by atoms with Crippen molar-refractivity contribution in [3.8, 4) is 0 Å². The summed E-state index contributed by atoms with van der Waals surface area (Å²) in [5.74, 6) is 0. The number of nitrogens with one attached hydrogen (secondary N) is 1. The molecule has 0 amide bonds. The van der Waals surface area contributed by atoms with Crippen molar-refractivity contribution in [2.24, 2.45) is 5.10 Å². The molecule has 0 saturated heterocycles. The van der Waals surface area contributed by atoms with Gasteiger partial charge in [0.2, 0.25) is 0 Å². The van der Waals surface area contributed by atoms with Crippen molar-refractivity contribution in [3.05, 3.63) is 12.2 Å². The summed E-state index contributed by atoms with van der Waals surface area (Å²) in [7, 11) is 0. The van der Waals surface area contributed by atoms with Crippen LogP contribution in [0.2, 0.25) is 0 Å². The smallest absolute Gasteiger partial charge is 0.0781 e. The topological polar surface area (TPSA) is 24.4 Å². The summed E-state index contributed by atoms with van der Waals surface area (Å²) in [6, 6.07) is 0. The molecule has 0 saturated carbocycles. The van der Waals surface area contributed by atoms with E-state index in [1.54, 1.807) is 0 Å². The highest BCUT2D eigenvalue weighted by molar-refractivity contribution is 5.62. The van der Waals surface area contributed by atoms with Gasteiger partial charge in [0.1, 0.15) is 0 Å². The SMILES string of the molecule is C1=CC2(CC=NN2)CC1. The van der Waals surface area contributed by atoms with Crippen LogP contribution < -0.4 is 5.43 Å². The number of allylic oxidation sites excluding steroid dienone is 1. The zero-order valence-electron chi connectivity index (χ0n) is 5.30. The zero-order valence-corrected chi connectivity index (χ0v) is 5.30. The van der Waals surface area contributed by atoms with Crippen LogP contribution in [0.15, 0.2) is 17.3 Å². The van der Waals surface area contributed by atoms with Crippen LogP contribution in [0.5, 0.6) is 0 Å². The fraction of sp³-hybridized carbons (Fsp3) is 0.571. The molecule has 1 atom stereocenters. The van der Waals surface area contributed by atoms with Gasteiger partial charge in [0.25, 0.3) is 0 Å². The molecule has 1 N–H and O–H groups in total. The van der Waals surface area contributed by atoms with Gasteiger partial charge in [-0.15, -0.1) is 0 Å². The Balaban J connectivity index is 2.17. The Morgan fingerprint density at radius 2 is 2.56 bits per heavy atom. The summed E-state index contributed by atoms with van der Waals surface area (Å²) < 4.78 is 0. The van der Waals surface area contributed by atoms with Crippen LogP contribution in [-0.2, 0) is 0 Å². The Labute approximate surface area is 54.6 Å². The first-order valence-corrected chi connectivity index (χ1v) is 3.38. The standard InChI is InChI=1S/C7H10N2/c1-2-4-7(3-1)5-6-8-9-7/h1,3,6,9H,2,4-5H2. The molecule has 2 nitrogen and oxygen atoms in total. The fourth-order valence-electron chi connectivity index (χ4n) is 1.42. The normalized spacial score (nSPS) is 38.2. The summed E-state index contributed by atoms with van der Waals surface area (Å²) in [5.41, 5.74) is 3.35. The zero-order chi connectivity index (χ0) is 6.16. The van der Waals surface area contributed by atoms with Gasteiger partial charge in [0.15, 0.2) is 0 Å². The number of rotatable bonds is 0. The van der Waals surface area contributed by atoms with Crippen molar-refractivity contribution in [1.29, 1.82) is 0 Å². The Morgan fingerprint density at radius 3 is 3.11 bits per heavy atom. The van der Waals surface area contributed by atoms with Gasteiger partial charge in [-0.3, -0.25) is 0 Å². The van der Waals surface area contributed by atoms with Crippen molar-refractivity contribution < 1.29 is 0 Å². The molecule has 0 aromatic heterocycles. The van der Waals surface area contributed by atoms with Gasteiger partial charge in [-0.2, -0.15) is 5.10 Å². The summed E-state index contributed by atoms with van der Waals surface area (Å²) in [5, 5.41) is 3.99. The second kappa shape index (κ2) is 1.59. The highest BCUT2D eigenvalue weighted by Crippen LogP contribution is 2.27. The van der Waals surface area contributed by atoms with Crippen LogP contribution in [0.3, 0.4) is 0 Å². The van der Waals surface area contributed by atoms with E-state index in [4.69, 9.17) is 0 Å². The second-order valence-corrected chi connectivity index (χ2v) is 2.72. The molecule has 0 fully saturated rings. The van der Waals surface area contributed by atoms with Gasteiger partial charge in [-0.05, 0) is 12.8 Å². The molecule has 0 aromatic carbocycles. The number of hydrogen-bond acceptors (Lipinski definition) is 2. The van der Waals surface area contributed by atoms with Crippen molar-refractivity contribution in [3.63, 3.8) is 0 Å². The van der Waals surface area contributed by atoms with Gasteiger partial charge < -0.3 is 5.43 Å². The number of hydrazone groups is 1. The van der Waals surface area contributed by atoms with E-state index < -0.39 is 0 Å². The van der Waals surface area contributed by atoms with E-state index in [9.17, 15) is 0 Å². The molecule has 2 aliphatic rings. The maximum absolute atomic E-state index is 3.99. The number of nitrogens with zero attached hydrogens (tertiary/aromatic N) is 1. The molecule has 1 unspecified atom stereocenters. The molecule has 2 heteroatoms. The van der Waals surface area contributed by atoms with Crippen LogP contribution >= 0.6 is 0 Å². The van der Waals surface area contributed by atoms with Crippen LogP contribution in [0, 0.1) is 0 Å². The average molecular weight is 122 g/mol. The largest absolute Gasteiger partial charge is 0.300 e. The Bertz CT molecular complexity index is 162. The third kappa shape index (κ3) is 0.661. The summed E-state index contributed by atoms with van der Waals surface area (Å²) in [6.45, 7) is 0. The van der Waals surface area contributed by atoms with E-state index in [0.717, 1.165) is 6.42 Å². The maximum atomic E-state index is 3.99. The van der Waals surface area contributed by atoms with Crippen LogP contribution in [0.25, 0.3) is 0 Å². The maximum Gasteiger partial charge on any atom is 0.0781 e. The minimum absolute atomic E-state index is 0.236. The van der Waals surface area contributed by atoms with Crippen molar-refractivity contribution in [1.82, 2.24) is 5.43 Å². The molecule has 1 aliphatic carbocycles. The monoisotopic (exact) mass is 122 g/mol. The average Bonchev–Trinajstić information content (AvgIpc) is 2.45. The first-order chi connectivity index (χ1) is 4.41. The van der Waals surface area contributed by atoms with Gasteiger partial charge >= 0.3 is 0 Å². The Morgan fingerprint density at radius 1 is 1.56 bits per heavy atom. The van der Waals surface area contributed by atoms with Gasteiger partial charge in [0, 0.05) is 12.6 Å². The van der Waals surface area contributed by atoms with Crippen molar-refractivity contribution >= 4 is 6.21 Å². The van der Waals surface area contributed by atoms with Crippen LogP contribution in [0.1, 0.15) is 19.3 Å². The molecular weight excluding hydrogens is 112 g/mol. The van der Waals surface area contributed by atoms with Gasteiger partial charge in [-0.25, -0.2) is 0 Å². The molecule has 2 rings (SSSR count). The third-order valence-electron chi connectivity index (χ3n) is 2.03. The lowest BCUT2D eigenvalue weighted by Crippen LogP contribution is -2.33. The summed E-state index contributed by atoms with van der Waals surface area (Å²) >= 11 is 0. The minimum Gasteiger partial charge on any atom is -0.300 e. The third-order valence-corrected chi connectivity index (χ3v) is 2.03. The first-order valence-electron chi connectivity index (χ1n) is 3.38. The molecule has 9 heavy (non-hydrogen) atoms. The fourth-order valence-corrected chi connectivity index (χ4v) is 1.42. The second-order valence-electron chi connectivity index (χ2n) is 2.72. The predicted octanol–water partition coefficient (Wildman–Crippen LogP) is 1.05. The molecule has 1 aliphatic heterocycles. The van der Waals surface area contributed by atoms with E-state index in [1.807, 2.05) is 6.21 Å². The summed E-state index contributed by atoms with van der Waals surface area (Å²) in [4.78, 5) is 0. The quantitative estimate of drug-likeness (QED) is 0.477. The van der Waals surface area contributed by atoms with E-state index in [2.05, 4.69) is 22.7 Å². The van der Waals surface area contributed by atoms with Gasteiger partial charge in [-0.1, -0.05) is 12.2 Å². The number of hydrogen-bond donors (Lipinski definition) is 1. The van der Waals surface area contributed by atoms with Gasteiger partial charge in [0.05, 0.1) is 5.54 Å². The van der Waals surface area contributed by atoms with E-state index in [-0.39, 0.29) is 5.54 Å². The Hall–Kier alpha value is -0.790. The van der Waals surface area contributed by atoms with E-state index >= 15 is 0 Å².